The maximum atomic E-state index is 9.67. The first-order chi connectivity index (χ1) is 9.60. The summed E-state index contributed by atoms with van der Waals surface area (Å²) in [6.07, 6.45) is 0. The summed E-state index contributed by atoms with van der Waals surface area (Å²) >= 11 is 1.67. The number of nitrogens with zero attached hydrogens (tertiary/aromatic N) is 1. The first kappa shape index (κ1) is 14.8. The number of benzene rings is 1. The van der Waals surface area contributed by atoms with Crippen LogP contribution in [-0.4, -0.2) is 16.7 Å². The highest BCUT2D eigenvalue weighted by Crippen LogP contribution is 2.27. The van der Waals surface area contributed by atoms with E-state index in [2.05, 4.69) is 22.6 Å². The minimum Gasteiger partial charge on any atom is -0.504 e. The number of phenolic OH excluding ortho intramolecular Hbond substituents is 1. The molecule has 0 saturated heterocycles. The molecule has 0 amide bonds. The van der Waals surface area contributed by atoms with Gasteiger partial charge in [0.05, 0.1) is 12.6 Å². The molecule has 5 heteroatoms. The SMILES string of the molecule is CCOc1cc(CNC(C)c2nc(C)cs2)ccc1O. The summed E-state index contributed by atoms with van der Waals surface area (Å²) in [4.78, 5) is 4.48. The van der Waals surface area contributed by atoms with Crippen LogP contribution in [-0.2, 0) is 6.54 Å². The van der Waals surface area contributed by atoms with Crippen molar-refractivity contribution in [2.45, 2.75) is 33.4 Å². The standard InChI is InChI=1S/C15H20N2O2S/c1-4-19-14-7-12(5-6-13(14)18)8-16-11(3)15-17-10(2)9-20-15/h5-7,9,11,16,18H,4,8H2,1-3H3. The molecule has 0 fully saturated rings. The monoisotopic (exact) mass is 292 g/mol. The van der Waals surface area contributed by atoms with Gasteiger partial charge in [0.1, 0.15) is 5.01 Å². The van der Waals surface area contributed by atoms with E-state index < -0.39 is 0 Å². The number of hydrogen-bond donors (Lipinski definition) is 2. The van der Waals surface area contributed by atoms with E-state index in [9.17, 15) is 5.11 Å². The van der Waals surface area contributed by atoms with Gasteiger partial charge in [-0.1, -0.05) is 6.07 Å². The molecule has 1 heterocycles. The largest absolute Gasteiger partial charge is 0.504 e. The highest BCUT2D eigenvalue weighted by Gasteiger charge is 2.09. The third-order valence-corrected chi connectivity index (χ3v) is 4.09. The Labute approximate surface area is 123 Å². The van der Waals surface area contributed by atoms with E-state index in [0.29, 0.717) is 18.9 Å². The van der Waals surface area contributed by atoms with Gasteiger partial charge < -0.3 is 15.2 Å². The normalized spacial score (nSPS) is 12.3. The van der Waals surface area contributed by atoms with Gasteiger partial charge in [0.15, 0.2) is 11.5 Å². The number of aromatic nitrogens is 1. The number of nitrogens with one attached hydrogen (secondary N) is 1. The molecule has 0 spiro atoms. The number of aromatic hydroxyl groups is 1. The maximum Gasteiger partial charge on any atom is 0.161 e. The van der Waals surface area contributed by atoms with Gasteiger partial charge in [0, 0.05) is 17.6 Å². The third-order valence-electron chi connectivity index (χ3n) is 2.94. The van der Waals surface area contributed by atoms with Crippen LogP contribution in [0.3, 0.4) is 0 Å². The molecule has 1 aromatic carbocycles. The van der Waals surface area contributed by atoms with Gasteiger partial charge in [-0.3, -0.25) is 0 Å². The molecular formula is C15H20N2O2S. The molecule has 0 aliphatic rings. The molecule has 2 aromatic rings. The zero-order valence-electron chi connectivity index (χ0n) is 12.0. The highest BCUT2D eigenvalue weighted by molar-refractivity contribution is 7.09. The van der Waals surface area contributed by atoms with Crippen LogP contribution in [0.1, 0.15) is 36.2 Å². The Morgan fingerprint density at radius 1 is 1.45 bits per heavy atom. The average Bonchev–Trinajstić information content (AvgIpc) is 2.86. The molecule has 0 aliphatic heterocycles. The first-order valence-corrected chi connectivity index (χ1v) is 7.58. The van der Waals surface area contributed by atoms with E-state index in [-0.39, 0.29) is 11.8 Å². The minimum atomic E-state index is 0.180. The van der Waals surface area contributed by atoms with Crippen molar-refractivity contribution >= 4 is 11.3 Å². The van der Waals surface area contributed by atoms with Crippen LogP contribution in [0.25, 0.3) is 0 Å². The molecule has 4 nitrogen and oxygen atoms in total. The Kier molecular flexibility index (Phi) is 4.98. The zero-order chi connectivity index (χ0) is 14.5. The highest BCUT2D eigenvalue weighted by atomic mass is 32.1. The molecule has 2 N–H and O–H groups in total. The predicted octanol–water partition coefficient (Wildman–Crippen LogP) is 3.41. The van der Waals surface area contributed by atoms with E-state index in [1.54, 1.807) is 17.4 Å². The molecule has 1 atom stereocenters. The van der Waals surface area contributed by atoms with Gasteiger partial charge in [0.2, 0.25) is 0 Å². The third kappa shape index (κ3) is 3.71. The summed E-state index contributed by atoms with van der Waals surface area (Å²) in [6, 6.07) is 5.63. The molecule has 0 bridgehead atoms. The smallest absolute Gasteiger partial charge is 0.161 e. The number of ether oxygens (including phenoxy) is 1. The molecule has 0 radical (unpaired) electrons. The number of aryl methyl sites for hydroxylation is 1. The lowest BCUT2D eigenvalue weighted by Gasteiger charge is -2.12. The lowest BCUT2D eigenvalue weighted by Crippen LogP contribution is -2.18. The average molecular weight is 292 g/mol. The number of rotatable bonds is 6. The zero-order valence-corrected chi connectivity index (χ0v) is 12.8. The number of thiazole rings is 1. The molecule has 108 valence electrons. The van der Waals surface area contributed by atoms with E-state index in [4.69, 9.17) is 4.74 Å². The first-order valence-electron chi connectivity index (χ1n) is 6.70. The molecule has 0 saturated carbocycles. The maximum absolute atomic E-state index is 9.67. The molecule has 20 heavy (non-hydrogen) atoms. The molecule has 2 rings (SSSR count). The van der Waals surface area contributed by atoms with Gasteiger partial charge in [-0.15, -0.1) is 11.3 Å². The van der Waals surface area contributed by atoms with Crippen molar-refractivity contribution in [1.29, 1.82) is 0 Å². The predicted molar refractivity (Wildman–Crippen MR) is 81.4 cm³/mol. The van der Waals surface area contributed by atoms with Crippen LogP contribution in [0.15, 0.2) is 23.6 Å². The van der Waals surface area contributed by atoms with E-state index >= 15 is 0 Å². The van der Waals surface area contributed by atoms with Crippen LogP contribution in [0.4, 0.5) is 0 Å². The Morgan fingerprint density at radius 2 is 2.25 bits per heavy atom. The number of hydrogen-bond acceptors (Lipinski definition) is 5. The van der Waals surface area contributed by atoms with E-state index in [0.717, 1.165) is 16.3 Å². The lowest BCUT2D eigenvalue weighted by molar-refractivity contribution is 0.317. The van der Waals surface area contributed by atoms with Crippen molar-refractivity contribution in [2.75, 3.05) is 6.61 Å². The van der Waals surface area contributed by atoms with Gasteiger partial charge >= 0.3 is 0 Å². The van der Waals surface area contributed by atoms with Crippen molar-refractivity contribution < 1.29 is 9.84 Å². The fourth-order valence-electron chi connectivity index (χ4n) is 1.87. The van der Waals surface area contributed by atoms with Crippen LogP contribution in [0, 0.1) is 6.92 Å². The Bertz CT molecular complexity index is 569. The summed E-state index contributed by atoms with van der Waals surface area (Å²) < 4.78 is 5.38. The topological polar surface area (TPSA) is 54.4 Å². The summed E-state index contributed by atoms with van der Waals surface area (Å²) in [5, 5.41) is 16.2. The second-order valence-electron chi connectivity index (χ2n) is 4.66. The second kappa shape index (κ2) is 6.72. The second-order valence-corrected chi connectivity index (χ2v) is 5.55. The molecule has 0 aliphatic carbocycles. The van der Waals surface area contributed by atoms with Crippen LogP contribution in [0.2, 0.25) is 0 Å². The van der Waals surface area contributed by atoms with Crippen molar-refractivity contribution in [3.63, 3.8) is 0 Å². The van der Waals surface area contributed by atoms with Crippen LogP contribution < -0.4 is 10.1 Å². The summed E-state index contributed by atoms with van der Waals surface area (Å²) in [5.74, 6) is 0.712. The van der Waals surface area contributed by atoms with Gasteiger partial charge in [0.25, 0.3) is 0 Å². The fourth-order valence-corrected chi connectivity index (χ4v) is 2.70. The van der Waals surface area contributed by atoms with Gasteiger partial charge in [-0.25, -0.2) is 4.98 Å². The van der Waals surface area contributed by atoms with Crippen molar-refractivity contribution in [2.24, 2.45) is 0 Å². The van der Waals surface area contributed by atoms with Gasteiger partial charge in [-0.2, -0.15) is 0 Å². The molecule has 1 unspecified atom stereocenters. The Morgan fingerprint density at radius 3 is 2.90 bits per heavy atom. The van der Waals surface area contributed by atoms with Crippen molar-refractivity contribution in [3.05, 3.63) is 39.8 Å². The van der Waals surface area contributed by atoms with E-state index in [1.165, 1.54) is 0 Å². The lowest BCUT2D eigenvalue weighted by atomic mass is 10.2. The number of phenols is 1. The Balaban J connectivity index is 1.98. The quantitative estimate of drug-likeness (QED) is 0.856. The fraction of sp³-hybridized carbons (Fsp3) is 0.400. The molecular weight excluding hydrogens is 272 g/mol. The minimum absolute atomic E-state index is 0.180. The summed E-state index contributed by atoms with van der Waals surface area (Å²) in [6.45, 7) is 7.25. The van der Waals surface area contributed by atoms with Crippen molar-refractivity contribution in [3.8, 4) is 11.5 Å². The van der Waals surface area contributed by atoms with Crippen LogP contribution >= 0.6 is 11.3 Å². The van der Waals surface area contributed by atoms with Crippen molar-refractivity contribution in [1.82, 2.24) is 10.3 Å². The molecule has 1 aromatic heterocycles. The Hall–Kier alpha value is -1.59. The van der Waals surface area contributed by atoms with Crippen LogP contribution in [0.5, 0.6) is 11.5 Å². The summed E-state index contributed by atoms with van der Waals surface area (Å²) in [7, 11) is 0. The summed E-state index contributed by atoms with van der Waals surface area (Å²) in [5.41, 5.74) is 2.13. The van der Waals surface area contributed by atoms with Gasteiger partial charge in [-0.05, 0) is 38.5 Å². The van der Waals surface area contributed by atoms with E-state index in [1.807, 2.05) is 26.0 Å².